The fourth-order valence-corrected chi connectivity index (χ4v) is 4.63. The molecule has 0 saturated carbocycles. The van der Waals surface area contributed by atoms with Crippen LogP contribution in [0.1, 0.15) is 31.9 Å². The van der Waals surface area contributed by atoms with E-state index in [0.717, 1.165) is 5.56 Å². The molecule has 5 heteroatoms. The van der Waals surface area contributed by atoms with Gasteiger partial charge in [-0.05, 0) is 38.0 Å². The van der Waals surface area contributed by atoms with Gasteiger partial charge in [0.15, 0.2) is 9.84 Å². The van der Waals surface area contributed by atoms with Crippen molar-refractivity contribution in [2.45, 2.75) is 31.8 Å². The van der Waals surface area contributed by atoms with E-state index in [1.54, 1.807) is 18.2 Å². The summed E-state index contributed by atoms with van der Waals surface area (Å²) in [5, 5.41) is 12.8. The van der Waals surface area contributed by atoms with E-state index in [4.69, 9.17) is 0 Å². The molecule has 100 valence electrons. The smallest absolute Gasteiger partial charge is 0.152 e. The zero-order chi connectivity index (χ0) is 13.4. The zero-order valence-electron chi connectivity index (χ0n) is 10.7. The van der Waals surface area contributed by atoms with E-state index in [0.29, 0.717) is 6.42 Å². The largest absolute Gasteiger partial charge is 0.508 e. The molecular weight excluding hydrogens is 250 g/mol. The van der Waals surface area contributed by atoms with Crippen LogP contribution in [-0.2, 0) is 9.84 Å². The SMILES string of the molecule is CC(NC1(C)CCS(=O)(=O)C1)c1cccc(O)c1. The standard InChI is InChI=1S/C13H19NO3S/c1-10(11-4-3-5-12(15)8-11)14-13(2)6-7-18(16,17)9-13/h3-5,8,10,14-15H,6-7,9H2,1-2H3. The van der Waals surface area contributed by atoms with Gasteiger partial charge in [-0.15, -0.1) is 0 Å². The normalized spacial score (nSPS) is 28.1. The molecule has 0 amide bonds. The summed E-state index contributed by atoms with van der Waals surface area (Å²) in [5.74, 6) is 0.664. The highest BCUT2D eigenvalue weighted by molar-refractivity contribution is 7.91. The Balaban J connectivity index is 2.10. The number of hydrogen-bond acceptors (Lipinski definition) is 4. The molecule has 18 heavy (non-hydrogen) atoms. The number of sulfone groups is 1. The molecule has 1 saturated heterocycles. The molecule has 1 aliphatic heterocycles. The molecule has 1 aromatic rings. The molecule has 4 nitrogen and oxygen atoms in total. The van der Waals surface area contributed by atoms with Crippen LogP contribution >= 0.6 is 0 Å². The van der Waals surface area contributed by atoms with Gasteiger partial charge >= 0.3 is 0 Å². The van der Waals surface area contributed by atoms with E-state index in [1.807, 2.05) is 19.9 Å². The lowest BCUT2D eigenvalue weighted by atomic mass is 9.98. The number of rotatable bonds is 3. The molecule has 0 aromatic heterocycles. The molecule has 1 heterocycles. The third kappa shape index (κ3) is 3.03. The molecule has 0 radical (unpaired) electrons. The number of nitrogens with one attached hydrogen (secondary N) is 1. The average Bonchev–Trinajstić information content (AvgIpc) is 2.52. The summed E-state index contributed by atoms with van der Waals surface area (Å²) in [6.45, 7) is 3.92. The number of phenols is 1. The van der Waals surface area contributed by atoms with Crippen molar-refractivity contribution in [2.24, 2.45) is 0 Å². The Morgan fingerprint density at radius 2 is 2.17 bits per heavy atom. The van der Waals surface area contributed by atoms with Crippen LogP contribution in [0.3, 0.4) is 0 Å². The molecule has 0 aliphatic carbocycles. The minimum absolute atomic E-state index is 0.00963. The lowest BCUT2D eigenvalue weighted by molar-refractivity contribution is 0.354. The Kier molecular flexibility index (Phi) is 3.38. The van der Waals surface area contributed by atoms with Gasteiger partial charge in [0.25, 0.3) is 0 Å². The highest BCUT2D eigenvalue weighted by Crippen LogP contribution is 2.27. The number of benzene rings is 1. The predicted octanol–water partition coefficient (Wildman–Crippen LogP) is 1.62. The Morgan fingerprint density at radius 1 is 1.44 bits per heavy atom. The van der Waals surface area contributed by atoms with Crippen molar-refractivity contribution < 1.29 is 13.5 Å². The van der Waals surface area contributed by atoms with E-state index in [2.05, 4.69) is 5.32 Å². The number of phenolic OH excluding ortho intramolecular Hbond substituents is 1. The molecule has 2 atom stereocenters. The summed E-state index contributed by atoms with van der Waals surface area (Å²) >= 11 is 0. The van der Waals surface area contributed by atoms with Gasteiger partial charge in [0, 0.05) is 11.6 Å². The van der Waals surface area contributed by atoms with Crippen LogP contribution in [0.15, 0.2) is 24.3 Å². The Labute approximate surface area is 108 Å². The maximum atomic E-state index is 11.5. The number of hydrogen-bond donors (Lipinski definition) is 2. The second kappa shape index (κ2) is 4.55. The summed E-state index contributed by atoms with van der Waals surface area (Å²) in [7, 11) is -2.90. The molecular formula is C13H19NO3S. The quantitative estimate of drug-likeness (QED) is 0.875. The second-order valence-electron chi connectivity index (χ2n) is 5.36. The van der Waals surface area contributed by atoms with E-state index in [-0.39, 0.29) is 28.8 Å². The molecule has 0 bridgehead atoms. The van der Waals surface area contributed by atoms with E-state index < -0.39 is 9.84 Å². The maximum absolute atomic E-state index is 11.5. The predicted molar refractivity (Wildman–Crippen MR) is 71.3 cm³/mol. The van der Waals surface area contributed by atoms with Crippen molar-refractivity contribution in [3.05, 3.63) is 29.8 Å². The average molecular weight is 269 g/mol. The van der Waals surface area contributed by atoms with Gasteiger partial charge in [0.1, 0.15) is 5.75 Å². The first-order chi connectivity index (χ1) is 8.30. The first kappa shape index (κ1) is 13.4. The molecule has 1 aliphatic rings. The third-order valence-electron chi connectivity index (χ3n) is 3.44. The van der Waals surface area contributed by atoms with Crippen LogP contribution in [0, 0.1) is 0 Å². The van der Waals surface area contributed by atoms with Gasteiger partial charge in [0.05, 0.1) is 11.5 Å². The third-order valence-corrected chi connectivity index (χ3v) is 5.34. The highest BCUT2D eigenvalue weighted by atomic mass is 32.2. The van der Waals surface area contributed by atoms with E-state index in [1.165, 1.54) is 0 Å². The first-order valence-corrected chi connectivity index (χ1v) is 7.89. The maximum Gasteiger partial charge on any atom is 0.152 e. The monoisotopic (exact) mass is 269 g/mol. The molecule has 2 unspecified atom stereocenters. The van der Waals surface area contributed by atoms with E-state index >= 15 is 0 Å². The lowest BCUT2D eigenvalue weighted by Crippen LogP contribution is -2.44. The molecule has 0 spiro atoms. The second-order valence-corrected chi connectivity index (χ2v) is 7.55. The lowest BCUT2D eigenvalue weighted by Gasteiger charge is -2.29. The fourth-order valence-electron chi connectivity index (χ4n) is 2.52. The van der Waals surface area contributed by atoms with Crippen LogP contribution in [0.4, 0.5) is 0 Å². The summed E-state index contributed by atoms with van der Waals surface area (Å²) < 4.78 is 23.1. The summed E-state index contributed by atoms with van der Waals surface area (Å²) in [5.41, 5.74) is 0.587. The molecule has 2 N–H and O–H groups in total. The van der Waals surface area contributed by atoms with Gasteiger partial charge in [-0.2, -0.15) is 0 Å². The Hall–Kier alpha value is -1.07. The summed E-state index contributed by atoms with van der Waals surface area (Å²) in [4.78, 5) is 0. The van der Waals surface area contributed by atoms with Crippen molar-refractivity contribution in [3.63, 3.8) is 0 Å². The topological polar surface area (TPSA) is 66.4 Å². The minimum Gasteiger partial charge on any atom is -0.508 e. The van der Waals surface area contributed by atoms with Crippen molar-refractivity contribution in [2.75, 3.05) is 11.5 Å². The van der Waals surface area contributed by atoms with Crippen molar-refractivity contribution >= 4 is 9.84 Å². The van der Waals surface area contributed by atoms with Gasteiger partial charge in [-0.1, -0.05) is 12.1 Å². The van der Waals surface area contributed by atoms with Gasteiger partial charge in [-0.25, -0.2) is 8.42 Å². The summed E-state index contributed by atoms with van der Waals surface area (Å²) in [6.07, 6.45) is 0.637. The van der Waals surface area contributed by atoms with Gasteiger partial charge in [0.2, 0.25) is 0 Å². The van der Waals surface area contributed by atoms with Crippen LogP contribution in [0.5, 0.6) is 5.75 Å². The summed E-state index contributed by atoms with van der Waals surface area (Å²) in [6, 6.07) is 7.04. The van der Waals surface area contributed by atoms with Crippen LogP contribution in [0.2, 0.25) is 0 Å². The Bertz CT molecular complexity index is 541. The van der Waals surface area contributed by atoms with Gasteiger partial charge in [-0.3, -0.25) is 0 Å². The van der Waals surface area contributed by atoms with Crippen LogP contribution < -0.4 is 5.32 Å². The van der Waals surface area contributed by atoms with Gasteiger partial charge < -0.3 is 10.4 Å². The zero-order valence-corrected chi connectivity index (χ0v) is 11.5. The van der Waals surface area contributed by atoms with Crippen LogP contribution in [-0.4, -0.2) is 30.6 Å². The first-order valence-electron chi connectivity index (χ1n) is 6.07. The van der Waals surface area contributed by atoms with Crippen molar-refractivity contribution in [1.82, 2.24) is 5.32 Å². The Morgan fingerprint density at radius 3 is 2.72 bits per heavy atom. The molecule has 1 aromatic carbocycles. The number of aromatic hydroxyl groups is 1. The fraction of sp³-hybridized carbons (Fsp3) is 0.538. The highest BCUT2D eigenvalue weighted by Gasteiger charge is 2.38. The van der Waals surface area contributed by atoms with Crippen molar-refractivity contribution in [1.29, 1.82) is 0 Å². The minimum atomic E-state index is -2.90. The molecule has 1 fully saturated rings. The van der Waals surface area contributed by atoms with E-state index in [9.17, 15) is 13.5 Å². The van der Waals surface area contributed by atoms with Crippen LogP contribution in [0.25, 0.3) is 0 Å². The van der Waals surface area contributed by atoms with Crippen molar-refractivity contribution in [3.8, 4) is 5.75 Å². The molecule has 2 rings (SSSR count).